The first kappa shape index (κ1) is 10.6. The molecule has 2 rings (SSSR count). The van der Waals surface area contributed by atoms with Crippen LogP contribution in [0.25, 0.3) is 5.57 Å². The van der Waals surface area contributed by atoms with Crippen LogP contribution in [0.2, 0.25) is 0 Å². The van der Waals surface area contributed by atoms with Crippen molar-refractivity contribution in [3.05, 3.63) is 65.8 Å². The van der Waals surface area contributed by atoms with Crippen LogP contribution in [-0.2, 0) is 0 Å². The van der Waals surface area contributed by atoms with Crippen molar-refractivity contribution in [1.82, 2.24) is 0 Å². The van der Waals surface area contributed by atoms with Crippen LogP contribution in [-0.4, -0.2) is 5.78 Å². The maximum absolute atomic E-state index is 11.1. The van der Waals surface area contributed by atoms with E-state index in [1.54, 1.807) is 6.92 Å². The van der Waals surface area contributed by atoms with Gasteiger partial charge in [-0.2, -0.15) is 0 Å². The van der Waals surface area contributed by atoms with Crippen LogP contribution in [0.4, 0.5) is 0 Å². The molecule has 1 aliphatic carbocycles. The monoisotopic (exact) mass is 210 g/mol. The largest absolute Gasteiger partial charge is 0.295 e. The van der Waals surface area contributed by atoms with Gasteiger partial charge in [0, 0.05) is 5.56 Å². The molecule has 0 atom stereocenters. The first-order valence-electron chi connectivity index (χ1n) is 5.42. The molecule has 0 fully saturated rings. The SMILES string of the molecule is CC(=O)c1ccc(C2=CCC=CC=C2)cc1. The van der Waals surface area contributed by atoms with Gasteiger partial charge in [0.05, 0.1) is 0 Å². The molecule has 1 nitrogen and oxygen atoms in total. The van der Waals surface area contributed by atoms with Crippen molar-refractivity contribution >= 4 is 11.4 Å². The lowest BCUT2D eigenvalue weighted by molar-refractivity contribution is 0.101. The normalized spacial score (nSPS) is 14.4. The number of allylic oxidation sites excluding steroid dienone is 6. The predicted octanol–water partition coefficient (Wildman–Crippen LogP) is 3.79. The Bertz CT molecular complexity index is 473. The highest BCUT2D eigenvalue weighted by atomic mass is 16.1. The van der Waals surface area contributed by atoms with Gasteiger partial charge in [-0.1, -0.05) is 54.6 Å². The van der Waals surface area contributed by atoms with E-state index >= 15 is 0 Å². The van der Waals surface area contributed by atoms with Crippen LogP contribution in [0.1, 0.15) is 29.3 Å². The highest BCUT2D eigenvalue weighted by Crippen LogP contribution is 2.19. The van der Waals surface area contributed by atoms with E-state index < -0.39 is 0 Å². The molecular weight excluding hydrogens is 196 g/mol. The minimum Gasteiger partial charge on any atom is -0.295 e. The van der Waals surface area contributed by atoms with E-state index in [9.17, 15) is 4.79 Å². The summed E-state index contributed by atoms with van der Waals surface area (Å²) in [5.74, 6) is 0.110. The predicted molar refractivity (Wildman–Crippen MR) is 67.3 cm³/mol. The molecule has 0 saturated carbocycles. The molecule has 0 amide bonds. The molecule has 1 aromatic rings. The van der Waals surface area contributed by atoms with Crippen LogP contribution < -0.4 is 0 Å². The molecule has 0 unspecified atom stereocenters. The quantitative estimate of drug-likeness (QED) is 0.679. The third kappa shape index (κ3) is 2.37. The Morgan fingerprint density at radius 1 is 1.12 bits per heavy atom. The number of carbonyl (C=O) groups is 1. The zero-order valence-corrected chi connectivity index (χ0v) is 9.31. The second-order valence-electron chi connectivity index (χ2n) is 3.82. The maximum Gasteiger partial charge on any atom is 0.159 e. The summed E-state index contributed by atoms with van der Waals surface area (Å²) >= 11 is 0. The number of benzene rings is 1. The molecular formula is C15H14O. The molecule has 1 aliphatic rings. The number of hydrogen-bond acceptors (Lipinski definition) is 1. The lowest BCUT2D eigenvalue weighted by atomic mass is 10.0. The Morgan fingerprint density at radius 3 is 2.56 bits per heavy atom. The summed E-state index contributed by atoms with van der Waals surface area (Å²) in [6, 6.07) is 7.76. The van der Waals surface area contributed by atoms with Crippen LogP contribution in [0.3, 0.4) is 0 Å². The Hall–Kier alpha value is -1.89. The highest BCUT2D eigenvalue weighted by molar-refractivity contribution is 5.94. The number of Topliss-reactive ketones (excluding diaryl/α,β-unsaturated/α-hetero) is 1. The minimum atomic E-state index is 0.110. The fraction of sp³-hybridized carbons (Fsp3) is 0.133. The summed E-state index contributed by atoms with van der Waals surface area (Å²) < 4.78 is 0. The van der Waals surface area contributed by atoms with Gasteiger partial charge in [-0.3, -0.25) is 4.79 Å². The number of rotatable bonds is 2. The Morgan fingerprint density at radius 2 is 1.88 bits per heavy atom. The molecule has 0 N–H and O–H groups in total. The lowest BCUT2D eigenvalue weighted by Crippen LogP contribution is -1.91. The summed E-state index contributed by atoms with van der Waals surface area (Å²) in [6.07, 6.45) is 11.4. The average molecular weight is 210 g/mol. The van der Waals surface area contributed by atoms with Gasteiger partial charge < -0.3 is 0 Å². The summed E-state index contributed by atoms with van der Waals surface area (Å²) in [4.78, 5) is 11.1. The molecule has 0 saturated heterocycles. The molecule has 0 aliphatic heterocycles. The summed E-state index contributed by atoms with van der Waals surface area (Å²) in [7, 11) is 0. The van der Waals surface area contributed by atoms with Gasteiger partial charge in [-0.25, -0.2) is 0 Å². The molecule has 0 heterocycles. The third-order valence-corrected chi connectivity index (χ3v) is 2.62. The second-order valence-corrected chi connectivity index (χ2v) is 3.82. The number of ketones is 1. The van der Waals surface area contributed by atoms with E-state index in [2.05, 4.69) is 18.2 Å². The van der Waals surface area contributed by atoms with Crippen LogP contribution in [0, 0.1) is 0 Å². The fourth-order valence-electron chi connectivity index (χ4n) is 1.69. The molecule has 0 aromatic heterocycles. The van der Waals surface area contributed by atoms with Crippen molar-refractivity contribution in [2.75, 3.05) is 0 Å². The number of carbonyl (C=O) groups excluding carboxylic acids is 1. The zero-order chi connectivity index (χ0) is 11.4. The molecule has 0 bridgehead atoms. The zero-order valence-electron chi connectivity index (χ0n) is 9.31. The van der Waals surface area contributed by atoms with E-state index in [1.807, 2.05) is 36.4 Å². The minimum absolute atomic E-state index is 0.110. The topological polar surface area (TPSA) is 17.1 Å². The molecule has 0 spiro atoms. The van der Waals surface area contributed by atoms with Crippen molar-refractivity contribution in [3.63, 3.8) is 0 Å². The first-order valence-corrected chi connectivity index (χ1v) is 5.42. The van der Waals surface area contributed by atoms with E-state index in [-0.39, 0.29) is 5.78 Å². The third-order valence-electron chi connectivity index (χ3n) is 2.62. The average Bonchev–Trinajstić information content (AvgIpc) is 2.57. The van der Waals surface area contributed by atoms with E-state index in [1.165, 1.54) is 5.57 Å². The van der Waals surface area contributed by atoms with Crippen LogP contribution >= 0.6 is 0 Å². The van der Waals surface area contributed by atoms with Gasteiger partial charge in [0.15, 0.2) is 5.78 Å². The molecule has 1 heteroatoms. The van der Waals surface area contributed by atoms with Crippen molar-refractivity contribution < 1.29 is 4.79 Å². The van der Waals surface area contributed by atoms with Crippen LogP contribution in [0.15, 0.2) is 54.6 Å². The van der Waals surface area contributed by atoms with Crippen molar-refractivity contribution in [2.45, 2.75) is 13.3 Å². The van der Waals surface area contributed by atoms with Gasteiger partial charge in [0.25, 0.3) is 0 Å². The van der Waals surface area contributed by atoms with Crippen molar-refractivity contribution in [3.8, 4) is 0 Å². The summed E-state index contributed by atoms with van der Waals surface area (Å²) in [6.45, 7) is 1.59. The van der Waals surface area contributed by atoms with Gasteiger partial charge >= 0.3 is 0 Å². The first-order chi connectivity index (χ1) is 7.77. The van der Waals surface area contributed by atoms with Gasteiger partial charge in [0.2, 0.25) is 0 Å². The second kappa shape index (κ2) is 4.75. The van der Waals surface area contributed by atoms with Crippen molar-refractivity contribution in [1.29, 1.82) is 0 Å². The Labute approximate surface area is 95.8 Å². The van der Waals surface area contributed by atoms with Gasteiger partial charge in [-0.05, 0) is 24.5 Å². The highest BCUT2D eigenvalue weighted by Gasteiger charge is 2.01. The molecule has 0 radical (unpaired) electrons. The van der Waals surface area contributed by atoms with Gasteiger partial charge in [-0.15, -0.1) is 0 Å². The van der Waals surface area contributed by atoms with Crippen molar-refractivity contribution in [2.24, 2.45) is 0 Å². The number of hydrogen-bond donors (Lipinski definition) is 0. The molecule has 16 heavy (non-hydrogen) atoms. The van der Waals surface area contributed by atoms with E-state index in [0.29, 0.717) is 0 Å². The summed E-state index contributed by atoms with van der Waals surface area (Å²) in [5, 5.41) is 0. The Balaban J connectivity index is 2.28. The maximum atomic E-state index is 11.1. The standard InChI is InChI=1S/C15H14O/c1-12(16)13-8-10-15(11-9-13)14-6-4-2-3-5-7-14/h2-4,6-11H,5H2,1H3. The summed E-state index contributed by atoms with van der Waals surface area (Å²) in [5.41, 5.74) is 3.13. The van der Waals surface area contributed by atoms with Crippen LogP contribution in [0.5, 0.6) is 0 Å². The van der Waals surface area contributed by atoms with E-state index in [4.69, 9.17) is 0 Å². The Kier molecular flexibility index (Phi) is 3.16. The smallest absolute Gasteiger partial charge is 0.159 e. The lowest BCUT2D eigenvalue weighted by Gasteiger charge is -2.03. The molecule has 80 valence electrons. The fourth-order valence-corrected chi connectivity index (χ4v) is 1.69. The van der Waals surface area contributed by atoms with Gasteiger partial charge in [0.1, 0.15) is 0 Å². The van der Waals surface area contributed by atoms with E-state index in [0.717, 1.165) is 17.5 Å². The molecule has 1 aromatic carbocycles.